The van der Waals surface area contributed by atoms with Gasteiger partial charge in [0.05, 0.1) is 17.6 Å². The van der Waals surface area contributed by atoms with Gasteiger partial charge in [-0.25, -0.2) is 8.42 Å². The summed E-state index contributed by atoms with van der Waals surface area (Å²) in [5, 5.41) is 3.66. The summed E-state index contributed by atoms with van der Waals surface area (Å²) < 4.78 is 32.6. The lowest BCUT2D eigenvalue weighted by atomic mass is 10.2. The number of nitrogens with zero attached hydrogens (tertiary/aromatic N) is 3. The van der Waals surface area contributed by atoms with E-state index in [0.29, 0.717) is 44.0 Å². The van der Waals surface area contributed by atoms with E-state index in [1.165, 1.54) is 10.5 Å². The summed E-state index contributed by atoms with van der Waals surface area (Å²) in [6.07, 6.45) is 6.80. The van der Waals surface area contributed by atoms with Gasteiger partial charge in [0.2, 0.25) is 10.0 Å². The Morgan fingerprint density at radius 2 is 1.91 bits per heavy atom. The van der Waals surface area contributed by atoms with Gasteiger partial charge < -0.3 is 4.52 Å². The van der Waals surface area contributed by atoms with E-state index in [1.54, 1.807) is 30.3 Å². The molecule has 0 N–H and O–H groups in total. The molecule has 1 saturated heterocycles. The maximum absolute atomic E-state index is 13.0. The van der Waals surface area contributed by atoms with Crippen LogP contribution in [0.15, 0.2) is 45.9 Å². The van der Waals surface area contributed by atoms with Crippen molar-refractivity contribution in [3.05, 3.63) is 36.5 Å². The molecule has 1 aromatic heterocycles. The van der Waals surface area contributed by atoms with E-state index in [-0.39, 0.29) is 4.90 Å². The van der Waals surface area contributed by atoms with E-state index in [0.717, 1.165) is 0 Å². The molecule has 0 atom stereocenters. The Morgan fingerprint density at radius 3 is 2.57 bits per heavy atom. The van der Waals surface area contributed by atoms with Gasteiger partial charge in [-0.05, 0) is 12.1 Å². The highest BCUT2D eigenvalue weighted by Gasteiger charge is 2.30. The minimum atomic E-state index is -3.59. The Morgan fingerprint density at radius 1 is 1.17 bits per heavy atom. The first-order valence-corrected chi connectivity index (χ1v) is 8.73. The van der Waals surface area contributed by atoms with Crippen LogP contribution in [0.2, 0.25) is 0 Å². The summed E-state index contributed by atoms with van der Waals surface area (Å²) in [6.45, 7) is 2.66. The molecular formula is C16H17N3O3S. The minimum Gasteiger partial charge on any atom is -0.356 e. The lowest BCUT2D eigenvalue weighted by molar-refractivity contribution is 0.207. The second-order valence-corrected chi connectivity index (χ2v) is 7.16. The highest BCUT2D eigenvalue weighted by molar-refractivity contribution is 7.89. The summed E-state index contributed by atoms with van der Waals surface area (Å²) in [6, 6.07) is 8.46. The summed E-state index contributed by atoms with van der Waals surface area (Å²) >= 11 is 0. The molecule has 0 radical (unpaired) electrons. The molecule has 6 nitrogen and oxygen atoms in total. The minimum absolute atomic E-state index is 0.238. The average molecular weight is 331 g/mol. The third-order valence-electron chi connectivity index (χ3n) is 3.85. The standard InChI is InChI=1S/C16H17N3O3S/c1-2-9-18-10-12-19(13-11-18)23(20,21)16-6-4-3-5-14(16)15-7-8-17-22-15/h1,3-8H,9-13H2. The van der Waals surface area contributed by atoms with Gasteiger partial charge in [0.25, 0.3) is 0 Å². The second kappa shape index (κ2) is 6.54. The van der Waals surface area contributed by atoms with E-state index >= 15 is 0 Å². The van der Waals surface area contributed by atoms with Crippen molar-refractivity contribution in [1.29, 1.82) is 0 Å². The zero-order chi connectivity index (χ0) is 16.3. The molecule has 2 heterocycles. The molecule has 1 aliphatic rings. The smallest absolute Gasteiger partial charge is 0.243 e. The first-order valence-electron chi connectivity index (χ1n) is 7.29. The molecule has 1 fully saturated rings. The molecule has 0 saturated carbocycles. The fourth-order valence-corrected chi connectivity index (χ4v) is 4.27. The normalized spacial score (nSPS) is 17.0. The number of terminal acetylenes is 1. The number of benzene rings is 1. The molecule has 0 aliphatic carbocycles. The lowest BCUT2D eigenvalue weighted by Gasteiger charge is -2.33. The van der Waals surface area contributed by atoms with Crippen LogP contribution in [0, 0.1) is 12.3 Å². The first kappa shape index (κ1) is 15.7. The monoisotopic (exact) mass is 331 g/mol. The summed E-state index contributed by atoms with van der Waals surface area (Å²) in [7, 11) is -3.59. The van der Waals surface area contributed by atoms with Gasteiger partial charge in [-0.3, -0.25) is 4.90 Å². The van der Waals surface area contributed by atoms with Crippen LogP contribution in [-0.2, 0) is 10.0 Å². The number of rotatable bonds is 4. The van der Waals surface area contributed by atoms with Gasteiger partial charge in [-0.1, -0.05) is 23.2 Å². The van der Waals surface area contributed by atoms with Gasteiger partial charge >= 0.3 is 0 Å². The molecule has 7 heteroatoms. The van der Waals surface area contributed by atoms with E-state index in [2.05, 4.69) is 16.0 Å². The second-order valence-electron chi connectivity index (χ2n) is 5.26. The Bertz CT molecular complexity index is 801. The Balaban J connectivity index is 1.89. The Labute approximate surface area is 135 Å². The van der Waals surface area contributed by atoms with Crippen LogP contribution in [0.1, 0.15) is 0 Å². The number of aromatic nitrogens is 1. The van der Waals surface area contributed by atoms with Crippen LogP contribution in [-0.4, -0.2) is 55.5 Å². The molecule has 0 spiro atoms. The van der Waals surface area contributed by atoms with Crippen molar-refractivity contribution in [3.8, 4) is 23.7 Å². The molecule has 1 aromatic carbocycles. The molecular weight excluding hydrogens is 314 g/mol. The largest absolute Gasteiger partial charge is 0.356 e. The van der Waals surface area contributed by atoms with E-state index in [1.807, 2.05) is 0 Å². The van der Waals surface area contributed by atoms with Crippen molar-refractivity contribution >= 4 is 10.0 Å². The first-order chi connectivity index (χ1) is 11.1. The molecule has 23 heavy (non-hydrogen) atoms. The predicted octanol–water partition coefficient (Wildman–Crippen LogP) is 1.28. The van der Waals surface area contributed by atoms with Gasteiger partial charge in [-0.2, -0.15) is 4.31 Å². The number of sulfonamides is 1. The topological polar surface area (TPSA) is 66.7 Å². The van der Waals surface area contributed by atoms with Crippen molar-refractivity contribution in [2.24, 2.45) is 0 Å². The van der Waals surface area contributed by atoms with Gasteiger partial charge in [0, 0.05) is 37.8 Å². The summed E-state index contributed by atoms with van der Waals surface area (Å²) in [5.41, 5.74) is 0.524. The van der Waals surface area contributed by atoms with Crippen LogP contribution < -0.4 is 0 Å². The van der Waals surface area contributed by atoms with Gasteiger partial charge in [-0.15, -0.1) is 6.42 Å². The Kier molecular flexibility index (Phi) is 4.48. The lowest BCUT2D eigenvalue weighted by Crippen LogP contribution is -2.48. The van der Waals surface area contributed by atoms with Crippen molar-refractivity contribution < 1.29 is 12.9 Å². The maximum Gasteiger partial charge on any atom is 0.243 e. The number of hydrogen-bond donors (Lipinski definition) is 0. The van der Waals surface area contributed by atoms with Crippen LogP contribution in [0.3, 0.4) is 0 Å². The van der Waals surface area contributed by atoms with Crippen molar-refractivity contribution in [1.82, 2.24) is 14.4 Å². The quantitative estimate of drug-likeness (QED) is 0.790. The fraction of sp³-hybridized carbons (Fsp3) is 0.312. The van der Waals surface area contributed by atoms with Crippen LogP contribution in [0.4, 0.5) is 0 Å². The van der Waals surface area contributed by atoms with Crippen molar-refractivity contribution in [2.75, 3.05) is 32.7 Å². The van der Waals surface area contributed by atoms with Gasteiger partial charge in [0.1, 0.15) is 0 Å². The summed E-state index contributed by atoms with van der Waals surface area (Å²) in [4.78, 5) is 2.30. The Hall–Kier alpha value is -2.14. The molecule has 3 rings (SSSR count). The zero-order valence-electron chi connectivity index (χ0n) is 12.6. The fourth-order valence-electron chi connectivity index (χ4n) is 2.65. The number of hydrogen-bond acceptors (Lipinski definition) is 5. The number of piperazine rings is 1. The van der Waals surface area contributed by atoms with E-state index < -0.39 is 10.0 Å². The molecule has 1 aliphatic heterocycles. The maximum atomic E-state index is 13.0. The average Bonchev–Trinajstić information content (AvgIpc) is 3.10. The zero-order valence-corrected chi connectivity index (χ0v) is 13.4. The molecule has 2 aromatic rings. The SMILES string of the molecule is C#CCN1CCN(S(=O)(=O)c2ccccc2-c2ccno2)CC1. The third-order valence-corrected chi connectivity index (χ3v) is 5.81. The molecule has 0 unspecified atom stereocenters. The predicted molar refractivity (Wildman–Crippen MR) is 86.0 cm³/mol. The highest BCUT2D eigenvalue weighted by atomic mass is 32.2. The van der Waals surface area contributed by atoms with Crippen LogP contribution in [0.5, 0.6) is 0 Å². The summed E-state index contributed by atoms with van der Waals surface area (Å²) in [5.74, 6) is 3.03. The van der Waals surface area contributed by atoms with Gasteiger partial charge in [0.15, 0.2) is 5.76 Å². The van der Waals surface area contributed by atoms with E-state index in [9.17, 15) is 8.42 Å². The molecule has 0 bridgehead atoms. The molecule has 120 valence electrons. The molecule has 0 amide bonds. The van der Waals surface area contributed by atoms with Crippen LogP contribution in [0.25, 0.3) is 11.3 Å². The van der Waals surface area contributed by atoms with E-state index in [4.69, 9.17) is 10.9 Å². The highest BCUT2D eigenvalue weighted by Crippen LogP contribution is 2.29. The van der Waals surface area contributed by atoms with Crippen LogP contribution >= 0.6 is 0 Å². The van der Waals surface area contributed by atoms with Crippen molar-refractivity contribution in [3.63, 3.8) is 0 Å². The third kappa shape index (κ3) is 3.15. The van der Waals surface area contributed by atoms with Crippen molar-refractivity contribution in [2.45, 2.75) is 4.90 Å².